The minimum atomic E-state index is 0.504. The molecule has 0 saturated heterocycles. The molecule has 0 saturated carbocycles. The summed E-state index contributed by atoms with van der Waals surface area (Å²) in [6.45, 7) is 1.01. The summed E-state index contributed by atoms with van der Waals surface area (Å²) in [7, 11) is 0. The van der Waals surface area contributed by atoms with Crippen molar-refractivity contribution in [2.45, 2.75) is 23.0 Å². The Morgan fingerprint density at radius 2 is 0.973 bits per heavy atom. The molecule has 0 radical (unpaired) electrons. The number of para-hydroxylation sites is 2. The first kappa shape index (κ1) is 23.1. The third-order valence-electron chi connectivity index (χ3n) is 6.05. The Morgan fingerprint density at radius 1 is 0.514 bits per heavy atom. The van der Waals surface area contributed by atoms with Gasteiger partial charge >= 0.3 is 0 Å². The molecule has 6 rings (SSSR count). The Morgan fingerprint density at radius 3 is 1.43 bits per heavy atom. The molecular weight excluding hydrogens is 476 g/mol. The van der Waals surface area contributed by atoms with Crippen LogP contribution in [0.15, 0.2) is 131 Å². The summed E-state index contributed by atoms with van der Waals surface area (Å²) in [5, 5.41) is 2.24. The fourth-order valence-electron chi connectivity index (χ4n) is 4.18. The van der Waals surface area contributed by atoms with E-state index in [1.165, 1.54) is 0 Å². The maximum absolute atomic E-state index is 5.92. The molecule has 0 aliphatic rings. The van der Waals surface area contributed by atoms with Crippen molar-refractivity contribution in [2.24, 2.45) is 0 Å². The summed E-state index contributed by atoms with van der Waals surface area (Å²) in [6.07, 6.45) is 3.74. The monoisotopic (exact) mass is 500 g/mol. The molecule has 2 aromatic heterocycles. The predicted octanol–water partition coefficient (Wildman–Crippen LogP) is 8.09. The van der Waals surface area contributed by atoms with Crippen molar-refractivity contribution in [1.29, 1.82) is 0 Å². The lowest BCUT2D eigenvalue weighted by molar-refractivity contribution is 0.306. The second-order valence-electron chi connectivity index (χ2n) is 8.63. The topological polar surface area (TPSA) is 44.2 Å². The molecule has 0 unspecified atom stereocenters. The highest BCUT2D eigenvalue weighted by molar-refractivity contribution is 7.99. The van der Waals surface area contributed by atoms with Crippen molar-refractivity contribution in [3.05, 3.63) is 133 Å². The Kier molecular flexibility index (Phi) is 6.69. The molecule has 0 spiro atoms. The first-order valence-corrected chi connectivity index (χ1v) is 12.9. The van der Waals surface area contributed by atoms with Crippen LogP contribution in [0, 0.1) is 0 Å². The molecule has 0 bridgehead atoms. The summed E-state index contributed by atoms with van der Waals surface area (Å²) in [6, 6.07) is 36.6. The van der Waals surface area contributed by atoms with E-state index in [0.29, 0.717) is 13.2 Å². The maximum Gasteiger partial charge on any atom is 0.119 e. The van der Waals surface area contributed by atoms with Gasteiger partial charge in [-0.05, 0) is 59.7 Å². The van der Waals surface area contributed by atoms with E-state index in [4.69, 9.17) is 9.47 Å². The van der Waals surface area contributed by atoms with Crippen LogP contribution in [0.3, 0.4) is 0 Å². The van der Waals surface area contributed by atoms with Crippen molar-refractivity contribution in [2.75, 3.05) is 0 Å². The highest BCUT2D eigenvalue weighted by Gasteiger charge is 2.10. The van der Waals surface area contributed by atoms with Crippen LogP contribution >= 0.6 is 11.8 Å². The molecule has 4 nitrogen and oxygen atoms in total. The number of hydrogen-bond acceptors (Lipinski definition) is 5. The van der Waals surface area contributed by atoms with Crippen molar-refractivity contribution in [3.8, 4) is 11.5 Å². The van der Waals surface area contributed by atoms with Gasteiger partial charge in [-0.15, -0.1) is 0 Å². The van der Waals surface area contributed by atoms with Crippen LogP contribution in [0.25, 0.3) is 21.8 Å². The van der Waals surface area contributed by atoms with E-state index in [0.717, 1.165) is 54.2 Å². The molecule has 37 heavy (non-hydrogen) atoms. The van der Waals surface area contributed by atoms with Gasteiger partial charge in [0.05, 0.1) is 11.0 Å². The fraction of sp³-hybridized carbons (Fsp3) is 0.0625. The average molecular weight is 501 g/mol. The SMILES string of the molecule is c1ccc(OCc2ccc3c(Sc4ccnc5cc(COc6ccccc6)ccc45)ccnc3c2)cc1. The number of benzene rings is 4. The number of hydrogen-bond donors (Lipinski definition) is 0. The van der Waals surface area contributed by atoms with Crippen LogP contribution in [0.5, 0.6) is 11.5 Å². The lowest BCUT2D eigenvalue weighted by atomic mass is 10.1. The molecule has 5 heteroatoms. The lowest BCUT2D eigenvalue weighted by Crippen LogP contribution is -1.96. The zero-order valence-corrected chi connectivity index (χ0v) is 20.9. The van der Waals surface area contributed by atoms with Crippen molar-refractivity contribution in [3.63, 3.8) is 0 Å². The first-order valence-electron chi connectivity index (χ1n) is 12.1. The number of nitrogens with zero attached hydrogens (tertiary/aromatic N) is 2. The number of ether oxygens (including phenoxy) is 2. The molecular formula is C32H24N2O2S. The molecule has 4 aromatic carbocycles. The Balaban J connectivity index is 1.22. The van der Waals surface area contributed by atoms with Crippen LogP contribution in [-0.4, -0.2) is 9.97 Å². The van der Waals surface area contributed by atoms with Gasteiger partial charge in [0.15, 0.2) is 0 Å². The smallest absolute Gasteiger partial charge is 0.119 e. The third kappa shape index (κ3) is 5.42. The van der Waals surface area contributed by atoms with Crippen LogP contribution in [0.1, 0.15) is 11.1 Å². The van der Waals surface area contributed by atoms with Gasteiger partial charge in [0.1, 0.15) is 24.7 Å². The van der Waals surface area contributed by atoms with E-state index in [1.54, 1.807) is 11.8 Å². The molecule has 2 heterocycles. The second-order valence-corrected chi connectivity index (χ2v) is 9.71. The van der Waals surface area contributed by atoms with E-state index >= 15 is 0 Å². The van der Waals surface area contributed by atoms with E-state index in [2.05, 4.69) is 58.5 Å². The minimum absolute atomic E-state index is 0.504. The Bertz CT molecular complexity index is 1530. The number of rotatable bonds is 8. The Labute approximate surface area is 219 Å². The third-order valence-corrected chi connectivity index (χ3v) is 7.20. The van der Waals surface area contributed by atoms with Gasteiger partial charge in [0, 0.05) is 33.0 Å². The van der Waals surface area contributed by atoms with Gasteiger partial charge in [-0.2, -0.15) is 0 Å². The summed E-state index contributed by atoms with van der Waals surface area (Å²) >= 11 is 1.74. The molecule has 6 aromatic rings. The van der Waals surface area contributed by atoms with E-state index in [1.807, 2.05) is 73.1 Å². The van der Waals surface area contributed by atoms with Crippen LogP contribution in [0.2, 0.25) is 0 Å². The van der Waals surface area contributed by atoms with Crippen LogP contribution in [-0.2, 0) is 13.2 Å². The van der Waals surface area contributed by atoms with E-state index in [-0.39, 0.29) is 0 Å². The summed E-state index contributed by atoms with van der Waals surface area (Å²) in [5.41, 5.74) is 4.09. The summed E-state index contributed by atoms with van der Waals surface area (Å²) in [4.78, 5) is 11.6. The quantitative estimate of drug-likeness (QED) is 0.211. The normalized spacial score (nSPS) is 11.0. The van der Waals surface area contributed by atoms with Crippen molar-refractivity contribution in [1.82, 2.24) is 9.97 Å². The van der Waals surface area contributed by atoms with E-state index in [9.17, 15) is 0 Å². The summed E-state index contributed by atoms with van der Waals surface area (Å²) in [5.74, 6) is 1.72. The van der Waals surface area contributed by atoms with Crippen LogP contribution < -0.4 is 9.47 Å². The largest absolute Gasteiger partial charge is 0.489 e. The van der Waals surface area contributed by atoms with Gasteiger partial charge in [-0.3, -0.25) is 9.97 Å². The number of pyridine rings is 2. The maximum atomic E-state index is 5.92. The number of fused-ring (bicyclic) bond motifs is 2. The van der Waals surface area contributed by atoms with Crippen molar-refractivity contribution < 1.29 is 9.47 Å². The second kappa shape index (κ2) is 10.7. The first-order chi connectivity index (χ1) is 18.3. The molecule has 0 aliphatic carbocycles. The van der Waals surface area contributed by atoms with Crippen molar-refractivity contribution >= 4 is 33.6 Å². The molecule has 0 atom stereocenters. The van der Waals surface area contributed by atoms with Gasteiger partial charge in [0.2, 0.25) is 0 Å². The van der Waals surface area contributed by atoms with Gasteiger partial charge in [-0.1, -0.05) is 72.4 Å². The fourth-order valence-corrected chi connectivity index (χ4v) is 5.24. The highest BCUT2D eigenvalue weighted by atomic mass is 32.2. The Hall–Kier alpha value is -4.35. The summed E-state index contributed by atoms with van der Waals surface area (Å²) < 4.78 is 11.8. The molecule has 0 amide bonds. The average Bonchev–Trinajstić information content (AvgIpc) is 2.96. The van der Waals surface area contributed by atoms with E-state index < -0.39 is 0 Å². The predicted molar refractivity (Wildman–Crippen MR) is 149 cm³/mol. The minimum Gasteiger partial charge on any atom is -0.489 e. The molecule has 0 N–H and O–H groups in total. The zero-order valence-electron chi connectivity index (χ0n) is 20.1. The number of aromatic nitrogens is 2. The zero-order chi connectivity index (χ0) is 24.9. The van der Waals surface area contributed by atoms with Crippen LogP contribution in [0.4, 0.5) is 0 Å². The molecule has 0 aliphatic heterocycles. The highest BCUT2D eigenvalue weighted by Crippen LogP contribution is 2.36. The molecule has 180 valence electrons. The molecule has 0 fully saturated rings. The standard InChI is InChI=1S/C32H24N2O2S/c1-3-7-25(8-4-1)35-21-23-11-13-27-29(19-23)33-17-15-31(27)37-32-16-18-34-30-20-24(12-14-28(30)32)22-36-26-9-5-2-6-10-26/h1-20H,21-22H2. The van der Waals surface area contributed by atoms with Gasteiger partial charge in [-0.25, -0.2) is 0 Å². The van der Waals surface area contributed by atoms with Gasteiger partial charge in [0.25, 0.3) is 0 Å². The van der Waals surface area contributed by atoms with Gasteiger partial charge < -0.3 is 9.47 Å². The lowest BCUT2D eigenvalue weighted by Gasteiger charge is -2.11.